The molecular formula is C25H16N2O2S2. The molecular weight excluding hydrogens is 424 g/mol. The van der Waals surface area contributed by atoms with E-state index in [9.17, 15) is 9.47 Å². The van der Waals surface area contributed by atoms with Gasteiger partial charge in [0.2, 0.25) is 0 Å². The first-order valence-electron chi connectivity index (χ1n) is 9.59. The van der Waals surface area contributed by atoms with Crippen molar-refractivity contribution in [1.82, 2.24) is 4.40 Å². The molecule has 0 aliphatic carbocycles. The standard InChI is InChI=1S/C25H16N2O2S2/c26-17-18-13-14-27-21(16-18)25(29-31(28)22-12-7-15-30-22)23(19-8-3-1-4-9-19)24(27)20-10-5-2-6-11-20/h1-16H. The van der Waals surface area contributed by atoms with Crippen LogP contribution in [0.3, 0.4) is 0 Å². The van der Waals surface area contributed by atoms with Gasteiger partial charge in [-0.25, -0.2) is 4.21 Å². The predicted molar refractivity (Wildman–Crippen MR) is 124 cm³/mol. The van der Waals surface area contributed by atoms with E-state index >= 15 is 0 Å². The number of hydrogen-bond donors (Lipinski definition) is 0. The Morgan fingerprint density at radius 3 is 2.26 bits per heavy atom. The maximum Gasteiger partial charge on any atom is 0.251 e. The minimum absolute atomic E-state index is 0.494. The predicted octanol–water partition coefficient (Wildman–Crippen LogP) is 6.31. The summed E-state index contributed by atoms with van der Waals surface area (Å²) in [4.78, 5) is 0. The third-order valence-electron chi connectivity index (χ3n) is 4.95. The van der Waals surface area contributed by atoms with Gasteiger partial charge in [-0.3, -0.25) is 0 Å². The summed E-state index contributed by atoms with van der Waals surface area (Å²) in [6, 6.07) is 29.3. The van der Waals surface area contributed by atoms with E-state index < -0.39 is 11.1 Å². The number of nitriles is 1. The second kappa shape index (κ2) is 8.23. The van der Waals surface area contributed by atoms with Crippen molar-refractivity contribution in [2.75, 3.05) is 0 Å². The van der Waals surface area contributed by atoms with E-state index in [2.05, 4.69) is 6.07 Å². The summed E-state index contributed by atoms with van der Waals surface area (Å²) in [5, 5.41) is 11.3. The largest absolute Gasteiger partial charge is 0.393 e. The summed E-state index contributed by atoms with van der Waals surface area (Å²) in [6.45, 7) is 0. The van der Waals surface area contributed by atoms with Crippen molar-refractivity contribution in [3.05, 3.63) is 102 Å². The van der Waals surface area contributed by atoms with Crippen LogP contribution in [-0.2, 0) is 11.1 Å². The number of rotatable bonds is 5. The summed E-state index contributed by atoms with van der Waals surface area (Å²) >= 11 is -0.289. The molecule has 3 aromatic heterocycles. The van der Waals surface area contributed by atoms with Crippen molar-refractivity contribution in [3.8, 4) is 34.2 Å². The fourth-order valence-electron chi connectivity index (χ4n) is 3.61. The van der Waals surface area contributed by atoms with Crippen LogP contribution in [0.1, 0.15) is 5.56 Å². The lowest BCUT2D eigenvalue weighted by Crippen LogP contribution is -1.99. The van der Waals surface area contributed by atoms with Gasteiger partial charge in [0.05, 0.1) is 28.4 Å². The molecule has 0 fully saturated rings. The highest BCUT2D eigenvalue weighted by atomic mass is 32.2. The molecule has 3 heterocycles. The van der Waals surface area contributed by atoms with Crippen LogP contribution < -0.4 is 4.18 Å². The topological polar surface area (TPSA) is 54.5 Å². The number of thiophene rings is 1. The first-order valence-corrected chi connectivity index (χ1v) is 11.5. The van der Waals surface area contributed by atoms with Gasteiger partial charge in [0.15, 0.2) is 5.75 Å². The van der Waals surface area contributed by atoms with Crippen molar-refractivity contribution in [1.29, 1.82) is 5.26 Å². The van der Waals surface area contributed by atoms with Crippen LogP contribution in [0.25, 0.3) is 27.9 Å². The maximum atomic E-state index is 13.0. The fraction of sp³-hybridized carbons (Fsp3) is 0. The van der Waals surface area contributed by atoms with E-state index in [1.54, 1.807) is 18.2 Å². The van der Waals surface area contributed by atoms with Crippen molar-refractivity contribution >= 4 is 27.9 Å². The summed E-state index contributed by atoms with van der Waals surface area (Å²) in [6.07, 6.45) is 1.86. The second-order valence-electron chi connectivity index (χ2n) is 6.82. The Labute approximate surface area is 186 Å². The molecule has 0 bridgehead atoms. The normalized spacial score (nSPS) is 11.8. The Kier molecular flexibility index (Phi) is 5.13. The highest BCUT2D eigenvalue weighted by Gasteiger charge is 2.25. The molecule has 5 aromatic rings. The zero-order valence-corrected chi connectivity index (χ0v) is 17.9. The van der Waals surface area contributed by atoms with E-state index in [1.807, 2.05) is 82.7 Å². The fourth-order valence-corrected chi connectivity index (χ4v) is 5.23. The summed E-state index contributed by atoms with van der Waals surface area (Å²) in [7, 11) is 0. The molecule has 0 saturated heterocycles. The molecule has 1 atom stereocenters. The number of benzene rings is 2. The Hall–Kier alpha value is -3.66. The van der Waals surface area contributed by atoms with E-state index in [4.69, 9.17) is 4.18 Å². The van der Waals surface area contributed by atoms with Crippen LogP contribution in [0, 0.1) is 11.3 Å². The number of pyridine rings is 1. The SMILES string of the molecule is N#Cc1ccn2c(-c3ccccc3)c(-c3ccccc3)c(OS(=O)c3cccs3)c2c1. The van der Waals surface area contributed by atoms with Crippen molar-refractivity contribution in [2.24, 2.45) is 0 Å². The molecule has 31 heavy (non-hydrogen) atoms. The van der Waals surface area contributed by atoms with E-state index in [0.29, 0.717) is 21.0 Å². The van der Waals surface area contributed by atoms with Crippen molar-refractivity contribution in [2.45, 2.75) is 4.21 Å². The van der Waals surface area contributed by atoms with Gasteiger partial charge >= 0.3 is 0 Å². The van der Waals surface area contributed by atoms with Gasteiger partial charge in [-0.1, -0.05) is 66.7 Å². The van der Waals surface area contributed by atoms with Crippen LogP contribution in [0.4, 0.5) is 0 Å². The Morgan fingerprint density at radius 2 is 1.61 bits per heavy atom. The lowest BCUT2D eigenvalue weighted by Gasteiger charge is -2.09. The number of aromatic nitrogens is 1. The molecule has 4 nitrogen and oxygen atoms in total. The molecule has 5 rings (SSSR count). The maximum absolute atomic E-state index is 13.0. The molecule has 0 spiro atoms. The van der Waals surface area contributed by atoms with Crippen molar-refractivity contribution < 1.29 is 8.39 Å². The quantitative estimate of drug-likeness (QED) is 0.322. The minimum Gasteiger partial charge on any atom is -0.393 e. The van der Waals surface area contributed by atoms with Gasteiger partial charge in [-0.05, 0) is 34.7 Å². The molecule has 0 radical (unpaired) electrons. The first-order chi connectivity index (χ1) is 15.3. The highest BCUT2D eigenvalue weighted by molar-refractivity contribution is 7.83. The molecule has 1 unspecified atom stereocenters. The Morgan fingerprint density at radius 1 is 0.903 bits per heavy atom. The Bertz CT molecular complexity index is 1420. The average molecular weight is 441 g/mol. The van der Waals surface area contributed by atoms with Crippen LogP contribution in [0.15, 0.2) is 101 Å². The smallest absolute Gasteiger partial charge is 0.251 e. The molecule has 2 aromatic carbocycles. The molecule has 0 aliphatic rings. The van der Waals surface area contributed by atoms with Crippen molar-refractivity contribution in [3.63, 3.8) is 0 Å². The highest BCUT2D eigenvalue weighted by Crippen LogP contribution is 2.45. The van der Waals surface area contributed by atoms with Gasteiger partial charge in [0.1, 0.15) is 4.21 Å². The van der Waals surface area contributed by atoms with Gasteiger partial charge in [0.25, 0.3) is 11.1 Å². The lowest BCUT2D eigenvalue weighted by atomic mass is 10.0. The zero-order chi connectivity index (χ0) is 21.2. The van der Waals surface area contributed by atoms with Crippen LogP contribution in [0.5, 0.6) is 5.75 Å². The van der Waals surface area contributed by atoms with Gasteiger partial charge in [-0.15, -0.1) is 11.3 Å². The number of hydrogen-bond acceptors (Lipinski definition) is 4. The zero-order valence-electron chi connectivity index (χ0n) is 16.3. The Balaban J connectivity index is 1.84. The number of fused-ring (bicyclic) bond motifs is 1. The summed E-state index contributed by atoms with van der Waals surface area (Å²) in [5.74, 6) is 0.494. The molecule has 0 amide bonds. The number of nitrogens with zero attached hydrogens (tertiary/aromatic N) is 2. The van der Waals surface area contributed by atoms with Gasteiger partial charge in [-0.2, -0.15) is 5.26 Å². The lowest BCUT2D eigenvalue weighted by molar-refractivity contribution is 0.569. The monoisotopic (exact) mass is 440 g/mol. The third-order valence-corrected chi connectivity index (χ3v) is 7.09. The van der Waals surface area contributed by atoms with Gasteiger partial charge < -0.3 is 8.58 Å². The van der Waals surface area contributed by atoms with Crippen LogP contribution in [0.2, 0.25) is 0 Å². The van der Waals surface area contributed by atoms with E-state index in [-0.39, 0.29) is 0 Å². The average Bonchev–Trinajstić information content (AvgIpc) is 3.47. The molecule has 0 N–H and O–H groups in total. The van der Waals surface area contributed by atoms with Crippen LogP contribution >= 0.6 is 11.3 Å². The summed E-state index contributed by atoms with van der Waals surface area (Å²) in [5.41, 5.74) is 4.91. The van der Waals surface area contributed by atoms with Gasteiger partial charge in [0, 0.05) is 6.20 Å². The second-order valence-corrected chi connectivity index (χ2v) is 9.10. The molecule has 0 aliphatic heterocycles. The molecule has 150 valence electrons. The minimum atomic E-state index is -1.67. The summed E-state index contributed by atoms with van der Waals surface area (Å²) < 4.78 is 21.8. The van der Waals surface area contributed by atoms with E-state index in [1.165, 1.54) is 11.3 Å². The van der Waals surface area contributed by atoms with Crippen LogP contribution in [-0.4, -0.2) is 8.61 Å². The third kappa shape index (κ3) is 3.55. The van der Waals surface area contributed by atoms with E-state index in [0.717, 1.165) is 22.4 Å². The first kappa shape index (κ1) is 19.3. The molecule has 0 saturated carbocycles. The molecule has 6 heteroatoms.